The smallest absolute Gasteiger partial charge is 0.341 e. The topological polar surface area (TPSA) is 65.4 Å². The maximum atomic E-state index is 12.8. The molecule has 134 valence electrons. The highest BCUT2D eigenvalue weighted by Gasteiger charge is 2.39. The molecule has 1 aliphatic rings. The first-order chi connectivity index (χ1) is 12.5. The predicted molar refractivity (Wildman–Crippen MR) is 98.7 cm³/mol. The number of aromatic nitrogens is 1. The van der Waals surface area contributed by atoms with Gasteiger partial charge in [0.05, 0.1) is 16.8 Å². The number of rotatable bonds is 6. The van der Waals surface area contributed by atoms with Crippen molar-refractivity contribution in [2.45, 2.75) is 33.2 Å². The molecule has 0 unspecified atom stereocenters. The maximum absolute atomic E-state index is 12.8. The summed E-state index contributed by atoms with van der Waals surface area (Å²) in [5, 5.41) is 0. The van der Waals surface area contributed by atoms with Crippen LogP contribution in [0.2, 0.25) is 0 Å². The van der Waals surface area contributed by atoms with E-state index in [9.17, 15) is 14.4 Å². The highest BCUT2D eigenvalue weighted by molar-refractivity contribution is 6.53. The second-order valence-electron chi connectivity index (χ2n) is 6.28. The standard InChI is InChI=1S/C21H21NO4/c1-4-6-11-22-13(3)16(21(25)26-12-5-2)17-18(22)14-9-7-8-10-15(14)19(23)20(17)24/h5,7-10H,2,4,6,11-12H2,1,3H3. The zero-order chi connectivity index (χ0) is 18.8. The van der Waals surface area contributed by atoms with E-state index in [1.165, 1.54) is 6.08 Å². The van der Waals surface area contributed by atoms with E-state index < -0.39 is 17.5 Å². The molecule has 0 amide bonds. The number of nitrogens with zero attached hydrogens (tertiary/aromatic N) is 1. The van der Waals surface area contributed by atoms with Gasteiger partial charge in [-0.25, -0.2) is 4.79 Å². The van der Waals surface area contributed by atoms with Crippen molar-refractivity contribution in [1.29, 1.82) is 0 Å². The number of ketones is 2. The van der Waals surface area contributed by atoms with Gasteiger partial charge in [0.25, 0.3) is 0 Å². The third-order valence-corrected chi connectivity index (χ3v) is 4.66. The summed E-state index contributed by atoms with van der Waals surface area (Å²) in [5.41, 5.74) is 2.71. The van der Waals surface area contributed by atoms with Crippen molar-refractivity contribution in [3.63, 3.8) is 0 Å². The Balaban J connectivity index is 2.29. The lowest BCUT2D eigenvalue weighted by Crippen LogP contribution is -2.23. The summed E-state index contributed by atoms with van der Waals surface area (Å²) in [7, 11) is 0. The van der Waals surface area contributed by atoms with Gasteiger partial charge in [0.2, 0.25) is 11.6 Å². The van der Waals surface area contributed by atoms with Crippen LogP contribution in [0.25, 0.3) is 11.3 Å². The average molecular weight is 351 g/mol. The molecule has 1 aromatic heterocycles. The molecule has 1 aliphatic carbocycles. The van der Waals surface area contributed by atoms with Crippen LogP contribution >= 0.6 is 0 Å². The molecular formula is C21H21NO4. The molecule has 0 spiro atoms. The zero-order valence-electron chi connectivity index (χ0n) is 15.0. The fourth-order valence-electron chi connectivity index (χ4n) is 3.41. The van der Waals surface area contributed by atoms with E-state index in [4.69, 9.17) is 4.74 Å². The van der Waals surface area contributed by atoms with Crippen LogP contribution in [0.3, 0.4) is 0 Å². The van der Waals surface area contributed by atoms with E-state index in [0.29, 0.717) is 29.1 Å². The number of ether oxygens (including phenoxy) is 1. The molecule has 5 heteroatoms. The van der Waals surface area contributed by atoms with Gasteiger partial charge in [-0.05, 0) is 13.3 Å². The van der Waals surface area contributed by atoms with Crippen molar-refractivity contribution in [3.05, 3.63) is 59.3 Å². The lowest BCUT2D eigenvalue weighted by molar-refractivity contribution is 0.0545. The lowest BCUT2D eigenvalue weighted by atomic mass is 9.86. The fraction of sp³-hybridized carbons (Fsp3) is 0.286. The molecule has 5 nitrogen and oxygen atoms in total. The van der Waals surface area contributed by atoms with Gasteiger partial charge >= 0.3 is 5.97 Å². The third kappa shape index (κ3) is 2.69. The fourth-order valence-corrected chi connectivity index (χ4v) is 3.41. The van der Waals surface area contributed by atoms with E-state index in [-0.39, 0.29) is 17.7 Å². The minimum atomic E-state index is -0.650. The summed E-state index contributed by atoms with van der Waals surface area (Å²) in [6, 6.07) is 7.04. The Morgan fingerprint density at radius 2 is 1.88 bits per heavy atom. The van der Waals surface area contributed by atoms with E-state index in [1.807, 2.05) is 16.7 Å². The van der Waals surface area contributed by atoms with Crippen molar-refractivity contribution in [2.24, 2.45) is 0 Å². The van der Waals surface area contributed by atoms with Crippen LogP contribution in [-0.4, -0.2) is 28.7 Å². The van der Waals surface area contributed by atoms with Gasteiger partial charge in [-0.3, -0.25) is 9.59 Å². The molecule has 0 saturated heterocycles. The second kappa shape index (κ2) is 7.12. The van der Waals surface area contributed by atoms with Crippen molar-refractivity contribution in [3.8, 4) is 11.3 Å². The maximum Gasteiger partial charge on any atom is 0.341 e. The van der Waals surface area contributed by atoms with Gasteiger partial charge in [-0.2, -0.15) is 0 Å². The largest absolute Gasteiger partial charge is 0.458 e. The molecule has 3 rings (SSSR count). The number of carbonyl (C=O) groups excluding carboxylic acids is 3. The van der Waals surface area contributed by atoms with Crippen molar-refractivity contribution in [2.75, 3.05) is 6.61 Å². The lowest BCUT2D eigenvalue weighted by Gasteiger charge is -2.18. The number of unbranched alkanes of at least 4 members (excludes halogenated alkanes) is 1. The Hall–Kier alpha value is -2.95. The first kappa shape index (κ1) is 17.9. The first-order valence-corrected chi connectivity index (χ1v) is 8.72. The number of benzene rings is 1. The summed E-state index contributed by atoms with van der Waals surface area (Å²) in [6.45, 7) is 8.11. The molecule has 0 atom stereocenters. The van der Waals surface area contributed by atoms with Gasteiger partial charge in [0.15, 0.2) is 0 Å². The highest BCUT2D eigenvalue weighted by atomic mass is 16.5. The van der Waals surface area contributed by atoms with Gasteiger partial charge in [0, 0.05) is 23.4 Å². The van der Waals surface area contributed by atoms with Crippen LogP contribution in [0.1, 0.15) is 56.5 Å². The molecule has 1 aromatic carbocycles. The highest BCUT2D eigenvalue weighted by Crippen LogP contribution is 2.39. The Kier molecular flexibility index (Phi) is 4.89. The average Bonchev–Trinajstić information content (AvgIpc) is 2.95. The SMILES string of the molecule is C=CCOC(=O)c1c2c(n(CCCC)c1C)-c1ccccc1C(=O)C2=O. The molecule has 0 fully saturated rings. The van der Waals surface area contributed by atoms with Crippen molar-refractivity contribution >= 4 is 17.5 Å². The minimum Gasteiger partial charge on any atom is -0.458 e. The van der Waals surface area contributed by atoms with E-state index >= 15 is 0 Å². The number of hydrogen-bond donors (Lipinski definition) is 0. The Bertz CT molecular complexity index is 920. The Morgan fingerprint density at radius 3 is 2.54 bits per heavy atom. The third-order valence-electron chi connectivity index (χ3n) is 4.66. The second-order valence-corrected chi connectivity index (χ2v) is 6.28. The quantitative estimate of drug-likeness (QED) is 0.448. The molecule has 2 aromatic rings. The molecular weight excluding hydrogens is 330 g/mol. The minimum absolute atomic E-state index is 0.0475. The number of hydrogen-bond acceptors (Lipinski definition) is 4. The van der Waals surface area contributed by atoms with Crippen LogP contribution in [0.15, 0.2) is 36.9 Å². The van der Waals surface area contributed by atoms with Crippen LogP contribution in [0.4, 0.5) is 0 Å². The van der Waals surface area contributed by atoms with Gasteiger partial charge in [-0.1, -0.05) is 50.3 Å². The number of fused-ring (bicyclic) bond motifs is 3. The van der Waals surface area contributed by atoms with Gasteiger partial charge in [-0.15, -0.1) is 0 Å². The van der Waals surface area contributed by atoms with Crippen LogP contribution in [0, 0.1) is 6.92 Å². The number of carbonyl (C=O) groups is 3. The van der Waals surface area contributed by atoms with Gasteiger partial charge in [0.1, 0.15) is 6.61 Å². The van der Waals surface area contributed by atoms with Crippen LogP contribution < -0.4 is 0 Å². The Morgan fingerprint density at radius 1 is 1.19 bits per heavy atom. The first-order valence-electron chi connectivity index (χ1n) is 8.72. The van der Waals surface area contributed by atoms with Crippen molar-refractivity contribution < 1.29 is 19.1 Å². The number of esters is 1. The summed E-state index contributed by atoms with van der Waals surface area (Å²) >= 11 is 0. The molecule has 0 radical (unpaired) electrons. The zero-order valence-corrected chi connectivity index (χ0v) is 15.0. The van der Waals surface area contributed by atoms with E-state index in [0.717, 1.165) is 12.8 Å². The molecule has 0 saturated carbocycles. The molecule has 26 heavy (non-hydrogen) atoms. The summed E-state index contributed by atoms with van der Waals surface area (Å²) in [6.07, 6.45) is 3.33. The van der Waals surface area contributed by atoms with Gasteiger partial charge < -0.3 is 9.30 Å². The van der Waals surface area contributed by atoms with Crippen molar-refractivity contribution in [1.82, 2.24) is 4.57 Å². The molecule has 1 heterocycles. The number of Topliss-reactive ketones (excluding diaryl/α,β-unsaturated/α-hetero) is 2. The van der Waals surface area contributed by atoms with Crippen LogP contribution in [-0.2, 0) is 11.3 Å². The molecule has 0 bridgehead atoms. The normalized spacial score (nSPS) is 12.5. The molecule has 0 N–H and O–H groups in total. The Labute approximate surface area is 152 Å². The summed E-state index contributed by atoms with van der Waals surface area (Å²) < 4.78 is 7.14. The monoisotopic (exact) mass is 351 g/mol. The van der Waals surface area contributed by atoms with E-state index in [1.54, 1.807) is 19.1 Å². The summed E-state index contributed by atoms with van der Waals surface area (Å²) in [5.74, 6) is -1.84. The summed E-state index contributed by atoms with van der Waals surface area (Å²) in [4.78, 5) is 38.0. The van der Waals surface area contributed by atoms with E-state index in [2.05, 4.69) is 13.5 Å². The predicted octanol–water partition coefficient (Wildman–Crippen LogP) is 3.99. The van der Waals surface area contributed by atoms with Crippen LogP contribution in [0.5, 0.6) is 0 Å². The molecule has 0 aliphatic heterocycles.